The van der Waals surface area contributed by atoms with E-state index >= 15 is 0 Å². The molecule has 0 fully saturated rings. The molecular weight excluding hydrogens is 343 g/mol. The van der Waals surface area contributed by atoms with Gasteiger partial charge in [0, 0.05) is 17.9 Å². The van der Waals surface area contributed by atoms with Crippen LogP contribution in [0.5, 0.6) is 5.75 Å². The van der Waals surface area contributed by atoms with Crippen molar-refractivity contribution in [2.24, 2.45) is 0 Å². The molecule has 27 heavy (non-hydrogen) atoms. The van der Waals surface area contributed by atoms with Gasteiger partial charge in [0.1, 0.15) is 11.6 Å². The topological polar surface area (TPSA) is 50.4 Å². The number of ether oxygens (including phenoxy) is 1. The molecule has 3 rings (SSSR count). The first-order valence-electron chi connectivity index (χ1n) is 8.69. The molecule has 4 nitrogen and oxygen atoms in total. The highest BCUT2D eigenvalue weighted by Gasteiger charge is 2.11. The van der Waals surface area contributed by atoms with E-state index in [2.05, 4.69) is 10.6 Å². The van der Waals surface area contributed by atoms with E-state index in [4.69, 9.17) is 4.74 Å². The predicted octanol–water partition coefficient (Wildman–Crippen LogP) is 4.74. The molecule has 0 radical (unpaired) electrons. The van der Waals surface area contributed by atoms with Crippen LogP contribution in [0.4, 0.5) is 15.8 Å². The molecule has 3 aromatic rings. The normalized spacial score (nSPS) is 10.3. The Morgan fingerprint density at radius 2 is 1.59 bits per heavy atom. The van der Waals surface area contributed by atoms with Crippen molar-refractivity contribution in [1.82, 2.24) is 0 Å². The van der Waals surface area contributed by atoms with Crippen LogP contribution in [0.1, 0.15) is 15.9 Å². The van der Waals surface area contributed by atoms with E-state index in [9.17, 15) is 9.18 Å². The number of anilines is 2. The molecule has 0 aliphatic heterocycles. The Bertz CT molecular complexity index is 910. The van der Waals surface area contributed by atoms with Crippen LogP contribution in [0.2, 0.25) is 0 Å². The van der Waals surface area contributed by atoms with E-state index in [1.54, 1.807) is 30.3 Å². The van der Waals surface area contributed by atoms with E-state index in [0.29, 0.717) is 35.5 Å². The first kappa shape index (κ1) is 18.5. The smallest absolute Gasteiger partial charge is 0.259 e. The van der Waals surface area contributed by atoms with Crippen molar-refractivity contribution >= 4 is 17.3 Å². The lowest BCUT2D eigenvalue weighted by molar-refractivity contribution is 0.102. The molecule has 0 spiro atoms. The first-order chi connectivity index (χ1) is 13.2. The number of carbonyl (C=O) groups excluding carboxylic acids is 1. The number of benzene rings is 3. The zero-order chi connectivity index (χ0) is 19.1. The lowest BCUT2D eigenvalue weighted by Crippen LogP contribution is -2.13. The summed E-state index contributed by atoms with van der Waals surface area (Å²) in [6.07, 6.45) is 0.596. The van der Waals surface area contributed by atoms with Crippen LogP contribution in [0.3, 0.4) is 0 Å². The maximum Gasteiger partial charge on any atom is 0.259 e. The summed E-state index contributed by atoms with van der Waals surface area (Å²) in [7, 11) is 1.54. The predicted molar refractivity (Wildman–Crippen MR) is 106 cm³/mol. The van der Waals surface area contributed by atoms with Crippen LogP contribution < -0.4 is 15.4 Å². The van der Waals surface area contributed by atoms with Crippen molar-refractivity contribution in [2.75, 3.05) is 24.3 Å². The van der Waals surface area contributed by atoms with Crippen molar-refractivity contribution in [3.63, 3.8) is 0 Å². The fourth-order valence-electron chi connectivity index (χ4n) is 2.74. The van der Waals surface area contributed by atoms with Gasteiger partial charge in [-0.2, -0.15) is 0 Å². The second kappa shape index (κ2) is 8.85. The van der Waals surface area contributed by atoms with Crippen molar-refractivity contribution in [3.05, 3.63) is 89.7 Å². The third kappa shape index (κ3) is 4.85. The highest BCUT2D eigenvalue weighted by atomic mass is 19.1. The highest BCUT2D eigenvalue weighted by Crippen LogP contribution is 2.20. The molecule has 0 saturated carbocycles. The minimum Gasteiger partial charge on any atom is -0.496 e. The average Bonchev–Trinajstić information content (AvgIpc) is 2.70. The van der Waals surface area contributed by atoms with Gasteiger partial charge in [0.25, 0.3) is 5.91 Å². The Kier molecular flexibility index (Phi) is 6.05. The fourth-order valence-corrected chi connectivity index (χ4v) is 2.74. The number of methoxy groups -OCH3 is 1. The lowest BCUT2D eigenvalue weighted by Gasteiger charge is -2.11. The Labute approximate surface area is 158 Å². The molecular formula is C22H21FN2O2. The first-order valence-corrected chi connectivity index (χ1v) is 8.69. The Balaban J connectivity index is 1.55. The highest BCUT2D eigenvalue weighted by molar-refractivity contribution is 6.06. The van der Waals surface area contributed by atoms with Gasteiger partial charge in [-0.1, -0.05) is 30.3 Å². The van der Waals surface area contributed by atoms with Gasteiger partial charge >= 0.3 is 0 Å². The Morgan fingerprint density at radius 3 is 2.33 bits per heavy atom. The zero-order valence-corrected chi connectivity index (χ0v) is 15.0. The van der Waals surface area contributed by atoms with E-state index in [1.807, 2.05) is 36.4 Å². The minimum absolute atomic E-state index is 0.186. The summed E-state index contributed by atoms with van der Waals surface area (Å²) in [5.41, 5.74) is 2.75. The molecule has 1 amide bonds. The number of para-hydroxylation sites is 1. The SMILES string of the molecule is COc1ccccc1C(=O)Nc1ccc(NCCc2ccccc2F)cc1. The van der Waals surface area contributed by atoms with Crippen molar-refractivity contribution in [1.29, 1.82) is 0 Å². The third-order valence-corrected chi connectivity index (χ3v) is 4.18. The fraction of sp³-hybridized carbons (Fsp3) is 0.136. The second-order valence-electron chi connectivity index (χ2n) is 6.00. The largest absolute Gasteiger partial charge is 0.496 e. The standard InChI is InChI=1S/C22H21FN2O2/c1-27-21-9-5-3-7-19(21)22(26)25-18-12-10-17(11-13-18)24-15-14-16-6-2-4-8-20(16)23/h2-13,24H,14-15H2,1H3,(H,25,26). The number of rotatable bonds is 7. The molecule has 0 saturated heterocycles. The van der Waals surface area contributed by atoms with Crippen molar-refractivity contribution < 1.29 is 13.9 Å². The van der Waals surface area contributed by atoms with E-state index < -0.39 is 0 Å². The monoisotopic (exact) mass is 364 g/mol. The summed E-state index contributed by atoms with van der Waals surface area (Å²) in [4.78, 5) is 12.4. The van der Waals surface area contributed by atoms with Gasteiger partial charge in [0.05, 0.1) is 12.7 Å². The molecule has 5 heteroatoms. The lowest BCUT2D eigenvalue weighted by atomic mass is 10.1. The number of amides is 1. The van der Waals surface area contributed by atoms with Gasteiger partial charge in [0.15, 0.2) is 0 Å². The molecule has 3 aromatic carbocycles. The Hall–Kier alpha value is -3.34. The van der Waals surface area contributed by atoms with Gasteiger partial charge in [-0.15, -0.1) is 0 Å². The summed E-state index contributed by atoms with van der Waals surface area (Å²) < 4.78 is 18.8. The van der Waals surface area contributed by atoms with Gasteiger partial charge in [-0.3, -0.25) is 4.79 Å². The zero-order valence-electron chi connectivity index (χ0n) is 15.0. The number of hydrogen-bond acceptors (Lipinski definition) is 3. The molecule has 0 aromatic heterocycles. The molecule has 0 unspecified atom stereocenters. The molecule has 0 aliphatic carbocycles. The van der Waals surface area contributed by atoms with Gasteiger partial charge in [-0.05, 0) is 54.4 Å². The van der Waals surface area contributed by atoms with E-state index in [0.717, 1.165) is 5.69 Å². The second-order valence-corrected chi connectivity index (χ2v) is 6.00. The summed E-state index contributed by atoms with van der Waals surface area (Å²) in [5.74, 6) is 0.114. The van der Waals surface area contributed by atoms with Gasteiger partial charge < -0.3 is 15.4 Å². The van der Waals surface area contributed by atoms with E-state index in [-0.39, 0.29) is 11.7 Å². The average molecular weight is 364 g/mol. The molecule has 0 heterocycles. The van der Waals surface area contributed by atoms with Gasteiger partial charge in [-0.25, -0.2) is 4.39 Å². The number of nitrogens with one attached hydrogen (secondary N) is 2. The minimum atomic E-state index is -0.229. The van der Waals surface area contributed by atoms with Crippen LogP contribution in [0.15, 0.2) is 72.8 Å². The molecule has 2 N–H and O–H groups in total. The summed E-state index contributed by atoms with van der Waals surface area (Å²) in [5, 5.41) is 6.10. The number of halogens is 1. The van der Waals surface area contributed by atoms with Crippen LogP contribution in [-0.2, 0) is 6.42 Å². The van der Waals surface area contributed by atoms with Crippen molar-refractivity contribution in [2.45, 2.75) is 6.42 Å². The quantitative estimate of drug-likeness (QED) is 0.637. The van der Waals surface area contributed by atoms with Crippen LogP contribution in [0, 0.1) is 5.82 Å². The molecule has 0 bridgehead atoms. The molecule has 0 atom stereocenters. The van der Waals surface area contributed by atoms with Crippen molar-refractivity contribution in [3.8, 4) is 5.75 Å². The summed E-state index contributed by atoms with van der Waals surface area (Å²) in [6.45, 7) is 0.619. The Morgan fingerprint density at radius 1 is 0.926 bits per heavy atom. The maximum absolute atomic E-state index is 13.6. The summed E-state index contributed by atoms with van der Waals surface area (Å²) in [6, 6.07) is 21.2. The molecule has 138 valence electrons. The number of hydrogen-bond donors (Lipinski definition) is 2. The van der Waals surface area contributed by atoms with Crippen LogP contribution in [0.25, 0.3) is 0 Å². The van der Waals surface area contributed by atoms with Gasteiger partial charge in [0.2, 0.25) is 0 Å². The maximum atomic E-state index is 13.6. The third-order valence-electron chi connectivity index (χ3n) is 4.18. The summed E-state index contributed by atoms with van der Waals surface area (Å²) >= 11 is 0. The van der Waals surface area contributed by atoms with E-state index in [1.165, 1.54) is 13.2 Å². The number of carbonyl (C=O) groups is 1. The van der Waals surface area contributed by atoms with Crippen LogP contribution in [-0.4, -0.2) is 19.6 Å². The molecule has 0 aliphatic rings. The van der Waals surface area contributed by atoms with Crippen LogP contribution >= 0.6 is 0 Å².